The molecule has 0 saturated carbocycles. The third-order valence-corrected chi connectivity index (χ3v) is 3.24. The monoisotopic (exact) mass is 343 g/mol. The van der Waals surface area contributed by atoms with Crippen molar-refractivity contribution >= 4 is 27.7 Å². The van der Waals surface area contributed by atoms with Crippen LogP contribution in [0.25, 0.3) is 0 Å². The van der Waals surface area contributed by atoms with Crippen molar-refractivity contribution in [1.82, 2.24) is 9.88 Å². The molecule has 1 aromatic rings. The third kappa shape index (κ3) is 4.76. The van der Waals surface area contributed by atoms with E-state index in [0.717, 1.165) is 11.0 Å². The first-order valence-corrected chi connectivity index (χ1v) is 7.69. The molecule has 112 valence electrons. The second-order valence-corrected chi connectivity index (χ2v) is 5.08. The van der Waals surface area contributed by atoms with E-state index >= 15 is 0 Å². The second-order valence-electron chi connectivity index (χ2n) is 4.16. The lowest BCUT2D eigenvalue weighted by Crippen LogP contribution is -2.34. The highest BCUT2D eigenvalue weighted by atomic mass is 79.9. The largest absolute Gasteiger partial charge is 0.380 e. The number of ether oxygens (including phenoxy) is 1. The molecule has 5 nitrogen and oxygen atoms in total. The van der Waals surface area contributed by atoms with Gasteiger partial charge in [0, 0.05) is 36.9 Å². The quantitative estimate of drug-likeness (QED) is 0.737. The van der Waals surface area contributed by atoms with Gasteiger partial charge in [-0.25, -0.2) is 4.98 Å². The van der Waals surface area contributed by atoms with Gasteiger partial charge in [0.25, 0.3) is 5.91 Å². The smallest absolute Gasteiger partial charge is 0.257 e. The van der Waals surface area contributed by atoms with E-state index in [1.54, 1.807) is 17.2 Å². The number of rotatable bonds is 8. The molecule has 0 saturated heterocycles. The Labute approximate surface area is 128 Å². The Morgan fingerprint density at radius 3 is 2.80 bits per heavy atom. The van der Waals surface area contributed by atoms with Gasteiger partial charge < -0.3 is 15.0 Å². The molecule has 0 fully saturated rings. The minimum absolute atomic E-state index is 0.0306. The molecule has 0 atom stereocenters. The summed E-state index contributed by atoms with van der Waals surface area (Å²) in [4.78, 5) is 18.6. The number of hydrogen-bond acceptors (Lipinski definition) is 4. The van der Waals surface area contributed by atoms with Crippen LogP contribution in [-0.4, -0.2) is 48.6 Å². The molecule has 1 N–H and O–H groups in total. The Balaban J connectivity index is 2.89. The lowest BCUT2D eigenvalue weighted by molar-refractivity contribution is 0.0669. The van der Waals surface area contributed by atoms with Crippen molar-refractivity contribution in [1.29, 1.82) is 0 Å². The van der Waals surface area contributed by atoms with Crippen LogP contribution in [0.15, 0.2) is 16.7 Å². The number of amides is 1. The normalized spacial score (nSPS) is 10.4. The van der Waals surface area contributed by atoms with Gasteiger partial charge in [-0.15, -0.1) is 0 Å². The molecular formula is C14H22BrN3O2. The van der Waals surface area contributed by atoms with E-state index in [2.05, 4.69) is 26.2 Å². The van der Waals surface area contributed by atoms with Crippen molar-refractivity contribution in [3.05, 3.63) is 22.3 Å². The van der Waals surface area contributed by atoms with Gasteiger partial charge in [0.15, 0.2) is 0 Å². The minimum Gasteiger partial charge on any atom is -0.380 e. The van der Waals surface area contributed by atoms with Crippen LogP contribution >= 0.6 is 15.9 Å². The number of anilines is 1. The van der Waals surface area contributed by atoms with Gasteiger partial charge in [0.05, 0.1) is 12.2 Å². The Kier molecular flexibility index (Phi) is 7.54. The molecule has 0 aliphatic carbocycles. The number of carbonyl (C=O) groups excluding carboxylic acids is 1. The standard InChI is InChI=1S/C14H22BrN3O2/c1-4-16-13-12(9-11(15)10-17-13)14(19)18(5-2)7-8-20-6-3/h9-10H,4-8H2,1-3H3,(H,16,17). The van der Waals surface area contributed by atoms with Crippen molar-refractivity contribution in [2.24, 2.45) is 0 Å². The Hall–Kier alpha value is -1.14. The molecule has 0 unspecified atom stereocenters. The second kappa shape index (κ2) is 8.92. The molecule has 1 aromatic heterocycles. The van der Waals surface area contributed by atoms with Gasteiger partial charge in [0.1, 0.15) is 5.82 Å². The SMILES string of the molecule is CCNc1ncc(Br)cc1C(=O)N(CC)CCOCC. The first-order chi connectivity index (χ1) is 9.63. The third-order valence-electron chi connectivity index (χ3n) is 2.81. The maximum Gasteiger partial charge on any atom is 0.257 e. The van der Waals surface area contributed by atoms with Crippen molar-refractivity contribution < 1.29 is 9.53 Å². The molecule has 1 amide bonds. The Morgan fingerprint density at radius 2 is 2.20 bits per heavy atom. The van der Waals surface area contributed by atoms with Gasteiger partial charge in [-0.1, -0.05) is 0 Å². The fraction of sp³-hybridized carbons (Fsp3) is 0.571. The average molecular weight is 344 g/mol. The number of likely N-dealkylation sites (N-methyl/N-ethyl adjacent to an activating group) is 1. The molecule has 1 heterocycles. The van der Waals surface area contributed by atoms with E-state index in [1.165, 1.54) is 0 Å². The fourth-order valence-corrected chi connectivity index (χ4v) is 2.13. The zero-order valence-corrected chi connectivity index (χ0v) is 13.9. The highest BCUT2D eigenvalue weighted by Gasteiger charge is 2.18. The molecule has 20 heavy (non-hydrogen) atoms. The first kappa shape index (κ1) is 16.9. The number of nitrogens with zero attached hydrogens (tertiary/aromatic N) is 2. The van der Waals surface area contributed by atoms with Gasteiger partial charge >= 0.3 is 0 Å². The summed E-state index contributed by atoms with van der Waals surface area (Å²) in [5.41, 5.74) is 0.583. The average Bonchev–Trinajstić information content (AvgIpc) is 2.45. The summed E-state index contributed by atoms with van der Waals surface area (Å²) in [6.45, 7) is 9.04. The molecule has 1 rings (SSSR count). The Morgan fingerprint density at radius 1 is 1.45 bits per heavy atom. The van der Waals surface area contributed by atoms with Crippen LogP contribution in [0, 0.1) is 0 Å². The van der Waals surface area contributed by atoms with Gasteiger partial charge in [-0.2, -0.15) is 0 Å². The maximum absolute atomic E-state index is 12.6. The van der Waals surface area contributed by atoms with Crippen LogP contribution in [0.3, 0.4) is 0 Å². The van der Waals surface area contributed by atoms with Crippen LogP contribution in [0.4, 0.5) is 5.82 Å². The molecule has 6 heteroatoms. The van der Waals surface area contributed by atoms with Crippen molar-refractivity contribution in [3.8, 4) is 0 Å². The van der Waals surface area contributed by atoms with Crippen molar-refractivity contribution in [2.75, 3.05) is 38.2 Å². The van der Waals surface area contributed by atoms with E-state index in [0.29, 0.717) is 37.7 Å². The highest BCUT2D eigenvalue weighted by Crippen LogP contribution is 2.19. The zero-order chi connectivity index (χ0) is 15.0. The lowest BCUT2D eigenvalue weighted by Gasteiger charge is -2.22. The van der Waals surface area contributed by atoms with E-state index < -0.39 is 0 Å². The van der Waals surface area contributed by atoms with Crippen LogP contribution in [0.1, 0.15) is 31.1 Å². The molecular weight excluding hydrogens is 322 g/mol. The molecule has 0 aromatic carbocycles. The summed E-state index contributed by atoms with van der Waals surface area (Å²) in [5.74, 6) is 0.590. The first-order valence-electron chi connectivity index (χ1n) is 6.90. The predicted molar refractivity (Wildman–Crippen MR) is 84.2 cm³/mol. The van der Waals surface area contributed by atoms with Gasteiger partial charge in [0.2, 0.25) is 0 Å². The van der Waals surface area contributed by atoms with Crippen molar-refractivity contribution in [3.63, 3.8) is 0 Å². The maximum atomic E-state index is 12.6. The summed E-state index contributed by atoms with van der Waals surface area (Å²) in [6, 6.07) is 1.80. The van der Waals surface area contributed by atoms with Crippen LogP contribution in [0.5, 0.6) is 0 Å². The molecule has 0 spiro atoms. The van der Waals surface area contributed by atoms with E-state index in [-0.39, 0.29) is 5.91 Å². The number of aromatic nitrogens is 1. The zero-order valence-electron chi connectivity index (χ0n) is 12.3. The van der Waals surface area contributed by atoms with Crippen LogP contribution in [-0.2, 0) is 4.74 Å². The van der Waals surface area contributed by atoms with Crippen LogP contribution in [0.2, 0.25) is 0 Å². The lowest BCUT2D eigenvalue weighted by atomic mass is 10.2. The summed E-state index contributed by atoms with van der Waals surface area (Å²) < 4.78 is 6.11. The number of nitrogens with one attached hydrogen (secondary N) is 1. The van der Waals surface area contributed by atoms with E-state index in [1.807, 2.05) is 20.8 Å². The summed E-state index contributed by atoms with van der Waals surface area (Å²) >= 11 is 3.36. The summed E-state index contributed by atoms with van der Waals surface area (Å²) in [6.07, 6.45) is 1.69. The van der Waals surface area contributed by atoms with Crippen LogP contribution < -0.4 is 5.32 Å². The number of pyridine rings is 1. The number of hydrogen-bond donors (Lipinski definition) is 1. The van der Waals surface area contributed by atoms with Gasteiger partial charge in [-0.3, -0.25) is 4.79 Å². The van der Waals surface area contributed by atoms with Gasteiger partial charge in [-0.05, 0) is 42.8 Å². The minimum atomic E-state index is -0.0306. The fourth-order valence-electron chi connectivity index (χ4n) is 1.80. The van der Waals surface area contributed by atoms with E-state index in [4.69, 9.17) is 4.74 Å². The number of halogens is 1. The molecule has 0 aliphatic rings. The topological polar surface area (TPSA) is 54.5 Å². The molecule has 0 radical (unpaired) electrons. The summed E-state index contributed by atoms with van der Waals surface area (Å²) in [5, 5.41) is 3.12. The Bertz CT molecular complexity index is 440. The molecule has 0 bridgehead atoms. The van der Waals surface area contributed by atoms with E-state index in [9.17, 15) is 4.79 Å². The number of carbonyl (C=O) groups is 1. The predicted octanol–water partition coefficient (Wildman–Crippen LogP) is 2.77. The highest BCUT2D eigenvalue weighted by molar-refractivity contribution is 9.10. The van der Waals surface area contributed by atoms with Crippen molar-refractivity contribution in [2.45, 2.75) is 20.8 Å². The summed E-state index contributed by atoms with van der Waals surface area (Å²) in [7, 11) is 0. The molecule has 0 aliphatic heterocycles.